The number of aliphatic hydroxyl groups excluding tert-OH is 1. The Balaban J connectivity index is 5.08. The van der Waals surface area contributed by atoms with Crippen molar-refractivity contribution in [3.8, 4) is 0 Å². The number of nitrogens with zero attached hydrogens (tertiary/aromatic N) is 1. The highest BCUT2D eigenvalue weighted by atomic mass is 28.3. The number of hydrogen-bond donors (Lipinski definition) is 1. The summed E-state index contributed by atoms with van der Waals surface area (Å²) in [7, 11) is -1.36. The lowest BCUT2D eigenvalue weighted by Crippen LogP contribution is -2.41. The molecule has 1 N–H and O–H groups in total. The van der Waals surface area contributed by atoms with E-state index in [2.05, 4.69) is 19.6 Å². The highest BCUT2D eigenvalue weighted by Gasteiger charge is 2.22. The fraction of sp³-hybridized carbons (Fsp3) is 0.722. The van der Waals surface area contributed by atoms with E-state index in [9.17, 15) is 9.90 Å². The molecule has 0 aromatic carbocycles. The fourth-order valence-electron chi connectivity index (χ4n) is 2.61. The van der Waals surface area contributed by atoms with Gasteiger partial charge in [0.05, 0.1) is 12.4 Å². The van der Waals surface area contributed by atoms with Crippen LogP contribution < -0.4 is 0 Å². The zero-order chi connectivity index (χ0) is 18.2. The van der Waals surface area contributed by atoms with Crippen molar-refractivity contribution in [3.63, 3.8) is 0 Å². The van der Waals surface area contributed by atoms with Gasteiger partial charge >= 0.3 is 6.09 Å². The van der Waals surface area contributed by atoms with Crippen LogP contribution in [0.15, 0.2) is 24.0 Å². The van der Waals surface area contributed by atoms with Gasteiger partial charge in [0.1, 0.15) is 0 Å². The van der Waals surface area contributed by atoms with Crippen molar-refractivity contribution in [1.29, 1.82) is 0 Å². The van der Waals surface area contributed by atoms with Gasteiger partial charge in [-0.25, -0.2) is 4.79 Å². The molecule has 0 aliphatic rings. The van der Waals surface area contributed by atoms with E-state index in [4.69, 9.17) is 4.74 Å². The molecule has 0 bridgehead atoms. The Labute approximate surface area is 143 Å². The maximum absolute atomic E-state index is 12.3. The molecule has 0 rings (SSSR count). The number of ether oxygens (including phenoxy) is 1. The van der Waals surface area contributed by atoms with Gasteiger partial charge in [-0.05, 0) is 46.2 Å². The summed E-state index contributed by atoms with van der Waals surface area (Å²) >= 11 is 0. The van der Waals surface area contributed by atoms with Crippen LogP contribution >= 0.6 is 0 Å². The first kappa shape index (κ1) is 21.9. The summed E-state index contributed by atoms with van der Waals surface area (Å²) in [4.78, 5) is 14.0. The van der Waals surface area contributed by atoms with Crippen molar-refractivity contribution in [1.82, 2.24) is 4.90 Å². The van der Waals surface area contributed by atoms with Crippen LogP contribution in [0.3, 0.4) is 0 Å². The smallest absolute Gasteiger partial charge is 0.415 e. The van der Waals surface area contributed by atoms with E-state index in [0.29, 0.717) is 6.42 Å². The molecule has 5 heteroatoms. The van der Waals surface area contributed by atoms with Gasteiger partial charge in [-0.3, -0.25) is 0 Å². The second-order valence-corrected chi connectivity index (χ2v) is 13.3. The van der Waals surface area contributed by atoms with Gasteiger partial charge in [0.15, 0.2) is 0 Å². The molecule has 0 aliphatic heterocycles. The van der Waals surface area contributed by atoms with Crippen LogP contribution in [0.2, 0.25) is 25.7 Å². The monoisotopic (exact) mass is 341 g/mol. The van der Waals surface area contributed by atoms with Crippen molar-refractivity contribution in [2.24, 2.45) is 0 Å². The summed E-state index contributed by atoms with van der Waals surface area (Å²) in [5.41, 5.74) is 0.996. The van der Waals surface area contributed by atoms with Gasteiger partial charge < -0.3 is 14.7 Å². The topological polar surface area (TPSA) is 49.8 Å². The number of carbonyl (C=O) groups is 1. The van der Waals surface area contributed by atoms with E-state index in [0.717, 1.165) is 11.6 Å². The molecule has 0 fully saturated rings. The fourth-order valence-corrected chi connectivity index (χ4v) is 4.20. The number of allylic oxidation sites excluding steroid dienone is 1. The molecule has 1 amide bonds. The number of rotatable bonds is 8. The molecule has 134 valence electrons. The molecule has 4 nitrogen and oxygen atoms in total. The number of carbonyl (C=O) groups excluding carboxylic acids is 1. The number of aliphatic hydroxyl groups is 1. The van der Waals surface area contributed by atoms with Crippen molar-refractivity contribution in [3.05, 3.63) is 24.0 Å². The maximum Gasteiger partial charge on any atom is 0.415 e. The maximum atomic E-state index is 12.3. The zero-order valence-electron chi connectivity index (χ0n) is 16.1. The molecule has 1 unspecified atom stereocenters. The van der Waals surface area contributed by atoms with E-state index in [1.165, 1.54) is 0 Å². The third kappa shape index (κ3) is 9.61. The molecule has 0 aliphatic carbocycles. The number of hydrogen-bond acceptors (Lipinski definition) is 3. The first-order chi connectivity index (χ1) is 10.5. The Morgan fingerprint density at radius 2 is 1.70 bits per heavy atom. The summed E-state index contributed by atoms with van der Waals surface area (Å²) in [5.74, 6) is 0. The van der Waals surface area contributed by atoms with Crippen LogP contribution in [-0.2, 0) is 4.74 Å². The standard InChI is InChI=1S/C18H35NO3Si/c1-9-10-17(20)11-16(13-23(6,7)8)12-22-18(21)19(14(2)3)15(4)5/h9-10,12,14-15,17,20H,11,13H2,1-8H3/b10-9+,16-12-. The lowest BCUT2D eigenvalue weighted by molar-refractivity contribution is 0.108. The molecule has 0 heterocycles. The Hall–Kier alpha value is -1.07. The van der Waals surface area contributed by atoms with Crippen LogP contribution in [0.1, 0.15) is 41.0 Å². The zero-order valence-corrected chi connectivity index (χ0v) is 17.1. The van der Waals surface area contributed by atoms with Crippen molar-refractivity contribution < 1.29 is 14.6 Å². The molecule has 0 saturated carbocycles. The molecule has 0 saturated heterocycles. The van der Waals surface area contributed by atoms with Crippen molar-refractivity contribution >= 4 is 14.2 Å². The van der Waals surface area contributed by atoms with E-state index < -0.39 is 14.2 Å². The van der Waals surface area contributed by atoms with Crippen LogP contribution in [0, 0.1) is 0 Å². The third-order valence-electron chi connectivity index (χ3n) is 3.29. The van der Waals surface area contributed by atoms with Crippen molar-refractivity contribution in [2.75, 3.05) is 0 Å². The predicted molar refractivity (Wildman–Crippen MR) is 100 cm³/mol. The second kappa shape index (κ2) is 9.93. The minimum absolute atomic E-state index is 0.0879. The molecule has 0 radical (unpaired) electrons. The molecule has 1 atom stereocenters. The van der Waals surface area contributed by atoms with E-state index in [1.54, 1.807) is 17.2 Å². The molecule has 0 aromatic rings. The Kier molecular flexibility index (Phi) is 9.47. The van der Waals surface area contributed by atoms with Crippen LogP contribution in [0.4, 0.5) is 4.79 Å². The molecule has 23 heavy (non-hydrogen) atoms. The van der Waals surface area contributed by atoms with Gasteiger partial charge in [-0.15, -0.1) is 0 Å². The Morgan fingerprint density at radius 3 is 2.09 bits per heavy atom. The van der Waals surface area contributed by atoms with E-state index in [-0.39, 0.29) is 18.2 Å². The largest absolute Gasteiger partial charge is 0.418 e. The average molecular weight is 342 g/mol. The normalized spacial score (nSPS) is 14.7. The van der Waals surface area contributed by atoms with Gasteiger partial charge in [0.2, 0.25) is 0 Å². The van der Waals surface area contributed by atoms with Gasteiger partial charge in [0, 0.05) is 26.6 Å². The highest BCUT2D eigenvalue weighted by Crippen LogP contribution is 2.21. The lowest BCUT2D eigenvalue weighted by Gasteiger charge is -2.29. The molecule has 0 spiro atoms. The first-order valence-corrected chi connectivity index (χ1v) is 12.2. The van der Waals surface area contributed by atoms with Crippen LogP contribution in [0.5, 0.6) is 0 Å². The summed E-state index contributed by atoms with van der Waals surface area (Å²) in [6.45, 7) is 16.6. The highest BCUT2D eigenvalue weighted by molar-refractivity contribution is 6.76. The Bertz CT molecular complexity index is 414. The molecular formula is C18H35NO3Si. The van der Waals surface area contributed by atoms with Gasteiger partial charge in [0.25, 0.3) is 0 Å². The minimum atomic E-state index is -1.36. The summed E-state index contributed by atoms with van der Waals surface area (Å²) in [5, 5.41) is 10.0. The van der Waals surface area contributed by atoms with Crippen LogP contribution in [0.25, 0.3) is 0 Å². The second-order valence-electron chi connectivity index (χ2n) is 7.79. The summed E-state index contributed by atoms with van der Waals surface area (Å²) in [6.07, 6.45) is 4.79. The molecular weight excluding hydrogens is 306 g/mol. The average Bonchev–Trinajstić information content (AvgIpc) is 2.33. The predicted octanol–water partition coefficient (Wildman–Crippen LogP) is 4.79. The van der Waals surface area contributed by atoms with Crippen LogP contribution in [-0.4, -0.2) is 42.4 Å². The third-order valence-corrected chi connectivity index (χ3v) is 4.81. The lowest BCUT2D eigenvalue weighted by atomic mass is 10.1. The van der Waals surface area contributed by atoms with E-state index in [1.807, 2.05) is 40.7 Å². The summed E-state index contributed by atoms with van der Waals surface area (Å²) < 4.78 is 5.43. The van der Waals surface area contributed by atoms with Gasteiger partial charge in [-0.1, -0.05) is 31.8 Å². The summed E-state index contributed by atoms with van der Waals surface area (Å²) in [6, 6.07) is 1.08. The Morgan fingerprint density at radius 1 is 1.17 bits per heavy atom. The minimum Gasteiger partial charge on any atom is -0.418 e. The quantitative estimate of drug-likeness (QED) is 0.392. The first-order valence-electron chi connectivity index (χ1n) is 8.45. The number of amides is 1. The van der Waals surface area contributed by atoms with E-state index >= 15 is 0 Å². The molecule has 0 aromatic heterocycles. The van der Waals surface area contributed by atoms with Gasteiger partial charge in [-0.2, -0.15) is 0 Å². The SMILES string of the molecule is C/C=C/C(O)C/C(=C/OC(=O)N(C(C)C)C(C)C)C[Si](C)(C)C. The van der Waals surface area contributed by atoms with Crippen molar-refractivity contribution in [2.45, 2.75) is 84.9 Å².